The summed E-state index contributed by atoms with van der Waals surface area (Å²) < 4.78 is 16.3. The molecule has 0 amide bonds. The summed E-state index contributed by atoms with van der Waals surface area (Å²) in [5.74, 6) is 1.84. The van der Waals surface area contributed by atoms with Crippen LogP contribution in [-0.4, -0.2) is 26.9 Å². The first-order valence-corrected chi connectivity index (χ1v) is 6.66. The van der Waals surface area contributed by atoms with Crippen molar-refractivity contribution in [2.24, 2.45) is 11.7 Å². The van der Waals surface area contributed by atoms with Crippen molar-refractivity contribution >= 4 is 0 Å². The molecule has 106 valence electrons. The summed E-state index contributed by atoms with van der Waals surface area (Å²) in [6.07, 6.45) is 1.31. The molecule has 1 fully saturated rings. The van der Waals surface area contributed by atoms with E-state index in [0.717, 1.165) is 35.7 Å². The van der Waals surface area contributed by atoms with E-state index in [4.69, 9.17) is 19.9 Å². The topological polar surface area (TPSA) is 53.7 Å². The first-order valence-electron chi connectivity index (χ1n) is 6.66. The number of rotatable bonds is 4. The minimum atomic E-state index is -0.0234. The van der Waals surface area contributed by atoms with Crippen molar-refractivity contribution in [3.63, 3.8) is 0 Å². The molecular weight excluding hydrogens is 242 g/mol. The third-order valence-electron chi connectivity index (χ3n) is 3.87. The Labute approximate surface area is 114 Å². The van der Waals surface area contributed by atoms with Gasteiger partial charge in [0, 0.05) is 12.0 Å². The zero-order valence-electron chi connectivity index (χ0n) is 12.1. The number of hydrogen-bond acceptors (Lipinski definition) is 4. The minimum absolute atomic E-state index is 0.0234. The van der Waals surface area contributed by atoms with Crippen LogP contribution in [0.2, 0.25) is 0 Å². The highest BCUT2D eigenvalue weighted by Crippen LogP contribution is 2.37. The van der Waals surface area contributed by atoms with Gasteiger partial charge in [-0.1, -0.05) is 0 Å². The maximum atomic E-state index is 6.40. The molecule has 0 aromatic heterocycles. The van der Waals surface area contributed by atoms with Crippen molar-refractivity contribution < 1.29 is 14.2 Å². The lowest BCUT2D eigenvalue weighted by Gasteiger charge is -2.22. The third kappa shape index (κ3) is 2.85. The lowest BCUT2D eigenvalue weighted by molar-refractivity contribution is 0.118. The highest BCUT2D eigenvalue weighted by Gasteiger charge is 2.29. The molecule has 1 saturated heterocycles. The van der Waals surface area contributed by atoms with Gasteiger partial charge < -0.3 is 19.9 Å². The largest absolute Gasteiger partial charge is 0.493 e. The fourth-order valence-corrected chi connectivity index (χ4v) is 2.71. The van der Waals surface area contributed by atoms with Crippen molar-refractivity contribution in [3.05, 3.63) is 23.3 Å². The summed E-state index contributed by atoms with van der Waals surface area (Å²) in [5.41, 5.74) is 8.64. The molecule has 1 aromatic rings. The Bertz CT molecular complexity index is 447. The van der Waals surface area contributed by atoms with Gasteiger partial charge in [-0.3, -0.25) is 0 Å². The van der Waals surface area contributed by atoms with Crippen LogP contribution in [0.3, 0.4) is 0 Å². The molecule has 2 rings (SSSR count). The second kappa shape index (κ2) is 5.80. The SMILES string of the molecule is COc1cc(C)c(C(N)C2COC(C)C2)cc1OC. The van der Waals surface area contributed by atoms with Crippen LogP contribution < -0.4 is 15.2 Å². The van der Waals surface area contributed by atoms with Gasteiger partial charge in [0.05, 0.1) is 26.9 Å². The second-order valence-electron chi connectivity index (χ2n) is 5.23. The first kappa shape index (κ1) is 14.2. The molecule has 3 atom stereocenters. The predicted molar refractivity (Wildman–Crippen MR) is 74.7 cm³/mol. The predicted octanol–water partition coefficient (Wildman–Crippen LogP) is 2.44. The first-order chi connectivity index (χ1) is 9.06. The van der Waals surface area contributed by atoms with Crippen LogP contribution in [-0.2, 0) is 4.74 Å². The van der Waals surface area contributed by atoms with Crippen LogP contribution in [0.15, 0.2) is 12.1 Å². The van der Waals surface area contributed by atoms with Gasteiger partial charge in [-0.15, -0.1) is 0 Å². The number of benzene rings is 1. The highest BCUT2D eigenvalue weighted by atomic mass is 16.5. The van der Waals surface area contributed by atoms with E-state index in [9.17, 15) is 0 Å². The number of nitrogens with two attached hydrogens (primary N) is 1. The Morgan fingerprint density at radius 3 is 2.42 bits per heavy atom. The molecule has 1 aliphatic rings. The lowest BCUT2D eigenvalue weighted by atomic mass is 9.89. The van der Waals surface area contributed by atoms with Crippen LogP contribution in [0, 0.1) is 12.8 Å². The summed E-state index contributed by atoms with van der Waals surface area (Å²) in [5, 5.41) is 0. The van der Waals surface area contributed by atoms with Crippen LogP contribution >= 0.6 is 0 Å². The standard InChI is InChI=1S/C15H23NO3/c1-9-5-13(17-3)14(18-4)7-12(9)15(16)11-6-10(2)19-8-11/h5,7,10-11,15H,6,8,16H2,1-4H3. The van der Waals surface area contributed by atoms with Gasteiger partial charge in [-0.05, 0) is 43.5 Å². The molecule has 1 aliphatic heterocycles. The molecule has 0 radical (unpaired) electrons. The van der Waals surface area contributed by atoms with Crippen molar-refractivity contribution in [1.29, 1.82) is 0 Å². The van der Waals surface area contributed by atoms with Crippen molar-refractivity contribution in [2.75, 3.05) is 20.8 Å². The van der Waals surface area contributed by atoms with Crippen molar-refractivity contribution in [2.45, 2.75) is 32.4 Å². The molecule has 4 heteroatoms. The van der Waals surface area contributed by atoms with Gasteiger partial charge in [-0.25, -0.2) is 0 Å². The summed E-state index contributed by atoms with van der Waals surface area (Å²) in [4.78, 5) is 0. The molecule has 0 saturated carbocycles. The number of aryl methyl sites for hydroxylation is 1. The smallest absolute Gasteiger partial charge is 0.161 e. The van der Waals surface area contributed by atoms with E-state index < -0.39 is 0 Å². The van der Waals surface area contributed by atoms with E-state index in [0.29, 0.717) is 12.0 Å². The van der Waals surface area contributed by atoms with E-state index in [1.807, 2.05) is 12.1 Å². The Morgan fingerprint density at radius 2 is 1.89 bits per heavy atom. The molecule has 1 heterocycles. The molecular formula is C15H23NO3. The molecule has 2 N–H and O–H groups in total. The van der Waals surface area contributed by atoms with E-state index in [-0.39, 0.29) is 6.04 Å². The summed E-state index contributed by atoms with van der Waals surface area (Å²) in [6, 6.07) is 3.94. The monoisotopic (exact) mass is 265 g/mol. The van der Waals surface area contributed by atoms with Crippen molar-refractivity contribution in [1.82, 2.24) is 0 Å². The Balaban J connectivity index is 2.28. The lowest BCUT2D eigenvalue weighted by Crippen LogP contribution is -2.22. The Hall–Kier alpha value is -1.26. The number of ether oxygens (including phenoxy) is 3. The van der Waals surface area contributed by atoms with E-state index in [2.05, 4.69) is 13.8 Å². The van der Waals surface area contributed by atoms with E-state index in [1.165, 1.54) is 0 Å². The molecule has 1 aromatic carbocycles. The fraction of sp³-hybridized carbons (Fsp3) is 0.600. The molecule has 0 bridgehead atoms. The Kier molecular flexibility index (Phi) is 4.32. The van der Waals surface area contributed by atoms with Crippen molar-refractivity contribution in [3.8, 4) is 11.5 Å². The zero-order chi connectivity index (χ0) is 14.0. The van der Waals surface area contributed by atoms with Gasteiger partial charge in [-0.2, -0.15) is 0 Å². The van der Waals surface area contributed by atoms with E-state index in [1.54, 1.807) is 14.2 Å². The third-order valence-corrected chi connectivity index (χ3v) is 3.87. The Morgan fingerprint density at radius 1 is 1.26 bits per heavy atom. The average molecular weight is 265 g/mol. The number of methoxy groups -OCH3 is 2. The molecule has 0 aliphatic carbocycles. The fourth-order valence-electron chi connectivity index (χ4n) is 2.71. The summed E-state index contributed by atoms with van der Waals surface area (Å²) in [6.45, 7) is 4.88. The van der Waals surface area contributed by atoms with Gasteiger partial charge in [0.25, 0.3) is 0 Å². The van der Waals surface area contributed by atoms with Gasteiger partial charge in [0.1, 0.15) is 0 Å². The van der Waals surface area contributed by atoms with Gasteiger partial charge >= 0.3 is 0 Å². The van der Waals surface area contributed by atoms with E-state index >= 15 is 0 Å². The quantitative estimate of drug-likeness (QED) is 0.908. The second-order valence-corrected chi connectivity index (χ2v) is 5.23. The molecule has 0 spiro atoms. The van der Waals surface area contributed by atoms with Crippen LogP contribution in [0.5, 0.6) is 11.5 Å². The highest BCUT2D eigenvalue weighted by molar-refractivity contribution is 5.48. The zero-order valence-corrected chi connectivity index (χ0v) is 12.1. The summed E-state index contributed by atoms with van der Waals surface area (Å²) >= 11 is 0. The van der Waals surface area contributed by atoms with Crippen LogP contribution in [0.25, 0.3) is 0 Å². The van der Waals surface area contributed by atoms with Gasteiger partial charge in [0.2, 0.25) is 0 Å². The number of hydrogen-bond donors (Lipinski definition) is 1. The normalized spacial score (nSPS) is 24.3. The maximum Gasteiger partial charge on any atom is 0.161 e. The summed E-state index contributed by atoms with van der Waals surface area (Å²) in [7, 11) is 3.28. The average Bonchev–Trinajstić information content (AvgIpc) is 2.84. The minimum Gasteiger partial charge on any atom is -0.493 e. The molecule has 4 nitrogen and oxygen atoms in total. The van der Waals surface area contributed by atoms with Crippen LogP contribution in [0.4, 0.5) is 0 Å². The van der Waals surface area contributed by atoms with Crippen LogP contribution in [0.1, 0.15) is 30.5 Å². The molecule has 3 unspecified atom stereocenters. The van der Waals surface area contributed by atoms with Gasteiger partial charge in [0.15, 0.2) is 11.5 Å². The maximum absolute atomic E-state index is 6.40. The molecule has 19 heavy (non-hydrogen) atoms.